The standard InChI is InChI=1S/C24H29NO6/c1-5-29-23(27)19-11-7-17(8-12-19)21(16(4)31-22(26)15(3)25)18-9-13-20(14-10-18)24(28)30-6-2/h7-16,21H,5-6,25H2,1-4H3/t15-,16-/m0/s1. The van der Waals surface area contributed by atoms with Crippen LogP contribution in [0.2, 0.25) is 0 Å². The Morgan fingerprint density at radius 2 is 1.16 bits per heavy atom. The molecule has 0 aliphatic heterocycles. The van der Waals surface area contributed by atoms with E-state index in [1.807, 2.05) is 0 Å². The first kappa shape index (κ1) is 24.1. The molecule has 0 bridgehead atoms. The Bertz CT molecular complexity index is 828. The Kier molecular flexibility index (Phi) is 8.75. The average molecular weight is 427 g/mol. The van der Waals surface area contributed by atoms with Gasteiger partial charge < -0.3 is 19.9 Å². The van der Waals surface area contributed by atoms with E-state index < -0.39 is 30.1 Å². The van der Waals surface area contributed by atoms with Crippen LogP contribution in [-0.4, -0.2) is 43.3 Å². The fourth-order valence-corrected chi connectivity index (χ4v) is 3.17. The lowest BCUT2D eigenvalue weighted by molar-refractivity contribution is -0.149. The van der Waals surface area contributed by atoms with Crippen LogP contribution >= 0.6 is 0 Å². The average Bonchev–Trinajstić information content (AvgIpc) is 2.75. The topological polar surface area (TPSA) is 105 Å². The smallest absolute Gasteiger partial charge is 0.338 e. The summed E-state index contributed by atoms with van der Waals surface area (Å²) in [6.45, 7) is 7.42. The van der Waals surface area contributed by atoms with E-state index in [1.54, 1.807) is 76.2 Å². The van der Waals surface area contributed by atoms with Crippen LogP contribution in [0.4, 0.5) is 0 Å². The summed E-state index contributed by atoms with van der Waals surface area (Å²) >= 11 is 0. The third-order valence-electron chi connectivity index (χ3n) is 4.71. The minimum absolute atomic E-state index is 0.292. The van der Waals surface area contributed by atoms with Crippen molar-refractivity contribution in [2.24, 2.45) is 5.73 Å². The first-order valence-corrected chi connectivity index (χ1v) is 10.3. The molecule has 0 aliphatic rings. The summed E-state index contributed by atoms with van der Waals surface area (Å²) in [6.07, 6.45) is -0.541. The van der Waals surface area contributed by atoms with Crippen molar-refractivity contribution >= 4 is 17.9 Å². The fourth-order valence-electron chi connectivity index (χ4n) is 3.17. The predicted octanol–water partition coefficient (Wildman–Crippen LogP) is 3.45. The van der Waals surface area contributed by atoms with Crippen LogP contribution in [-0.2, 0) is 19.0 Å². The van der Waals surface area contributed by atoms with Gasteiger partial charge in [-0.15, -0.1) is 0 Å². The highest BCUT2D eigenvalue weighted by Crippen LogP contribution is 2.31. The molecule has 7 heteroatoms. The van der Waals surface area contributed by atoms with Gasteiger partial charge in [0.1, 0.15) is 12.1 Å². The minimum Gasteiger partial charge on any atom is -0.462 e. The second kappa shape index (κ2) is 11.3. The van der Waals surface area contributed by atoms with E-state index in [0.29, 0.717) is 24.3 Å². The van der Waals surface area contributed by atoms with E-state index in [1.165, 1.54) is 0 Å². The van der Waals surface area contributed by atoms with Crippen molar-refractivity contribution < 1.29 is 28.6 Å². The highest BCUT2D eigenvalue weighted by atomic mass is 16.5. The molecule has 2 rings (SSSR count). The lowest BCUT2D eigenvalue weighted by Crippen LogP contribution is -2.33. The third kappa shape index (κ3) is 6.39. The summed E-state index contributed by atoms with van der Waals surface area (Å²) < 4.78 is 15.6. The molecule has 0 heterocycles. The molecule has 31 heavy (non-hydrogen) atoms. The van der Waals surface area contributed by atoms with Gasteiger partial charge in [-0.1, -0.05) is 24.3 Å². The van der Waals surface area contributed by atoms with Crippen molar-refractivity contribution in [3.63, 3.8) is 0 Å². The fraction of sp³-hybridized carbons (Fsp3) is 0.375. The summed E-state index contributed by atoms with van der Waals surface area (Å²) in [7, 11) is 0. The van der Waals surface area contributed by atoms with Crippen molar-refractivity contribution in [1.29, 1.82) is 0 Å². The Balaban J connectivity index is 2.38. The second-order valence-electron chi connectivity index (χ2n) is 7.09. The van der Waals surface area contributed by atoms with Crippen LogP contribution < -0.4 is 5.73 Å². The monoisotopic (exact) mass is 427 g/mol. The van der Waals surface area contributed by atoms with Gasteiger partial charge in [0.15, 0.2) is 0 Å². The molecule has 0 spiro atoms. The number of ether oxygens (including phenoxy) is 3. The molecular formula is C24H29NO6. The van der Waals surface area contributed by atoms with Gasteiger partial charge in [-0.25, -0.2) is 9.59 Å². The number of benzene rings is 2. The number of carbonyl (C=O) groups is 3. The van der Waals surface area contributed by atoms with Gasteiger partial charge in [0.2, 0.25) is 0 Å². The van der Waals surface area contributed by atoms with E-state index in [0.717, 1.165) is 11.1 Å². The van der Waals surface area contributed by atoms with Gasteiger partial charge in [0.05, 0.1) is 24.3 Å². The molecule has 0 amide bonds. The summed E-state index contributed by atoms with van der Waals surface area (Å²) in [5.41, 5.74) is 8.18. The molecule has 2 N–H and O–H groups in total. The SMILES string of the molecule is CCOC(=O)c1ccc(C(c2ccc(C(=O)OCC)cc2)[C@H](C)OC(=O)[C@H](C)N)cc1. The first-order valence-electron chi connectivity index (χ1n) is 10.3. The summed E-state index contributed by atoms with van der Waals surface area (Å²) in [5, 5.41) is 0. The molecule has 0 fully saturated rings. The summed E-state index contributed by atoms with van der Waals surface area (Å²) in [6, 6.07) is 13.1. The van der Waals surface area contributed by atoms with Crippen molar-refractivity contribution in [1.82, 2.24) is 0 Å². The Labute approximate surface area is 182 Å². The zero-order valence-electron chi connectivity index (χ0n) is 18.3. The molecule has 7 nitrogen and oxygen atoms in total. The zero-order chi connectivity index (χ0) is 23.0. The Hall–Kier alpha value is -3.19. The quantitative estimate of drug-likeness (QED) is 0.483. The van der Waals surface area contributed by atoms with Crippen LogP contribution in [0, 0.1) is 0 Å². The van der Waals surface area contributed by atoms with Crippen molar-refractivity contribution in [2.45, 2.75) is 45.8 Å². The maximum absolute atomic E-state index is 12.1. The van der Waals surface area contributed by atoms with E-state index in [-0.39, 0.29) is 5.92 Å². The Morgan fingerprint density at radius 1 is 0.774 bits per heavy atom. The number of nitrogens with two attached hydrogens (primary N) is 1. The number of carbonyl (C=O) groups excluding carboxylic acids is 3. The molecule has 0 radical (unpaired) electrons. The molecule has 0 aromatic heterocycles. The molecule has 166 valence electrons. The van der Waals surface area contributed by atoms with E-state index >= 15 is 0 Å². The van der Waals surface area contributed by atoms with Gasteiger partial charge in [-0.2, -0.15) is 0 Å². The number of esters is 3. The summed E-state index contributed by atoms with van der Waals surface area (Å²) in [4.78, 5) is 36.0. The predicted molar refractivity (Wildman–Crippen MR) is 116 cm³/mol. The van der Waals surface area contributed by atoms with Gasteiger partial charge in [-0.3, -0.25) is 4.79 Å². The molecule has 0 aliphatic carbocycles. The maximum atomic E-state index is 12.1. The van der Waals surface area contributed by atoms with Crippen molar-refractivity contribution in [3.05, 3.63) is 70.8 Å². The maximum Gasteiger partial charge on any atom is 0.338 e. The molecule has 0 saturated heterocycles. The van der Waals surface area contributed by atoms with Gasteiger partial charge in [0.25, 0.3) is 0 Å². The van der Waals surface area contributed by atoms with Crippen LogP contribution in [0.1, 0.15) is 65.5 Å². The number of hydrogen-bond acceptors (Lipinski definition) is 7. The molecule has 0 unspecified atom stereocenters. The third-order valence-corrected chi connectivity index (χ3v) is 4.71. The normalized spacial score (nSPS) is 12.7. The highest BCUT2D eigenvalue weighted by Gasteiger charge is 2.26. The zero-order valence-corrected chi connectivity index (χ0v) is 18.3. The van der Waals surface area contributed by atoms with Crippen LogP contribution in [0.15, 0.2) is 48.5 Å². The second-order valence-corrected chi connectivity index (χ2v) is 7.09. The summed E-state index contributed by atoms with van der Waals surface area (Å²) in [5.74, 6) is -1.65. The largest absolute Gasteiger partial charge is 0.462 e. The van der Waals surface area contributed by atoms with Gasteiger partial charge >= 0.3 is 17.9 Å². The number of rotatable bonds is 9. The Morgan fingerprint density at radius 3 is 1.48 bits per heavy atom. The van der Waals surface area contributed by atoms with Crippen molar-refractivity contribution in [3.8, 4) is 0 Å². The molecule has 0 saturated carbocycles. The number of hydrogen-bond donors (Lipinski definition) is 1. The lowest BCUT2D eigenvalue weighted by atomic mass is 9.86. The van der Waals surface area contributed by atoms with E-state index in [9.17, 15) is 14.4 Å². The molecule has 2 aromatic carbocycles. The van der Waals surface area contributed by atoms with Gasteiger partial charge in [-0.05, 0) is 63.1 Å². The lowest BCUT2D eigenvalue weighted by Gasteiger charge is -2.26. The molecule has 2 aromatic rings. The van der Waals surface area contributed by atoms with E-state index in [2.05, 4.69) is 0 Å². The van der Waals surface area contributed by atoms with Crippen molar-refractivity contribution in [2.75, 3.05) is 13.2 Å². The van der Waals surface area contributed by atoms with Crippen LogP contribution in [0.3, 0.4) is 0 Å². The highest BCUT2D eigenvalue weighted by molar-refractivity contribution is 5.90. The molecule has 2 atom stereocenters. The minimum atomic E-state index is -0.750. The first-order chi connectivity index (χ1) is 14.8. The van der Waals surface area contributed by atoms with Crippen LogP contribution in [0.25, 0.3) is 0 Å². The van der Waals surface area contributed by atoms with E-state index in [4.69, 9.17) is 19.9 Å². The van der Waals surface area contributed by atoms with Crippen LogP contribution in [0.5, 0.6) is 0 Å². The van der Waals surface area contributed by atoms with Gasteiger partial charge in [0, 0.05) is 5.92 Å². The molecular weight excluding hydrogens is 398 g/mol.